The number of rotatable bonds is 7. The molecule has 0 N–H and O–H groups in total. The van der Waals surface area contributed by atoms with Gasteiger partial charge in [-0.05, 0) is 0 Å². The molecule has 0 atom stereocenters. The first-order chi connectivity index (χ1) is 22.9. The summed E-state index contributed by atoms with van der Waals surface area (Å²) in [5, 5.41) is 1.48. The number of anilines is 3. The van der Waals surface area contributed by atoms with Crippen LogP contribution in [0.5, 0.6) is 0 Å². The summed E-state index contributed by atoms with van der Waals surface area (Å²) in [6, 6.07) is 50.1. The summed E-state index contributed by atoms with van der Waals surface area (Å²) in [6.07, 6.45) is 0. The molecule has 0 aliphatic heterocycles. The molecule has 6 rings (SSSR count). The van der Waals surface area contributed by atoms with Crippen molar-refractivity contribution in [2.24, 2.45) is 0 Å². The van der Waals surface area contributed by atoms with Gasteiger partial charge in [0.2, 0.25) is 0 Å². The summed E-state index contributed by atoms with van der Waals surface area (Å²) in [5.74, 6) is 0. The first-order valence-corrected chi connectivity index (χ1v) is 19.4. The van der Waals surface area contributed by atoms with Crippen molar-refractivity contribution in [3.63, 3.8) is 0 Å². The maximum absolute atomic E-state index is 6.79. The van der Waals surface area contributed by atoms with Crippen LogP contribution in [0.1, 0.15) is 52.7 Å². The van der Waals surface area contributed by atoms with E-state index in [0.29, 0.717) is 5.02 Å². The van der Waals surface area contributed by atoms with Gasteiger partial charge in [0.15, 0.2) is 0 Å². The van der Waals surface area contributed by atoms with Crippen molar-refractivity contribution in [2.45, 2.75) is 52.4 Å². The van der Waals surface area contributed by atoms with Gasteiger partial charge in [0.25, 0.3) is 0 Å². The molecule has 0 aliphatic carbocycles. The second kappa shape index (κ2) is 14.2. The number of hydrogen-bond acceptors (Lipinski definition) is 1. The van der Waals surface area contributed by atoms with Crippen LogP contribution in [-0.4, -0.2) is 20.9 Å². The van der Waals surface area contributed by atoms with E-state index >= 15 is 0 Å². The third kappa shape index (κ3) is 7.86. The summed E-state index contributed by atoms with van der Waals surface area (Å²) >= 11 is 12.5. The van der Waals surface area contributed by atoms with Gasteiger partial charge >= 0.3 is 309 Å². The molecule has 242 valence electrons. The van der Waals surface area contributed by atoms with Gasteiger partial charge in [0, 0.05) is 0 Å². The molecule has 0 heterocycles. The summed E-state index contributed by atoms with van der Waals surface area (Å²) in [4.78, 5) is 2.44. The second-order valence-electron chi connectivity index (χ2n) is 14.2. The number of halogens is 2. The molecule has 0 saturated carbocycles. The molecule has 0 aromatic heterocycles. The molecule has 0 bridgehead atoms. The third-order valence-electron chi connectivity index (χ3n) is 8.48. The van der Waals surface area contributed by atoms with Gasteiger partial charge in [-0.1, -0.05) is 0 Å². The van der Waals surface area contributed by atoms with Crippen LogP contribution >= 0.6 is 23.2 Å². The van der Waals surface area contributed by atoms with Crippen LogP contribution in [0.4, 0.5) is 17.1 Å². The van der Waals surface area contributed by atoms with Crippen molar-refractivity contribution < 1.29 is 0 Å². The minimum absolute atomic E-state index is 0.0615. The van der Waals surface area contributed by atoms with Gasteiger partial charge in [-0.3, -0.25) is 0 Å². The molecule has 0 saturated heterocycles. The molecule has 0 spiro atoms. The fourth-order valence-corrected chi connectivity index (χ4v) is 9.22. The molecule has 4 heteroatoms. The molecule has 6 aromatic carbocycles. The van der Waals surface area contributed by atoms with Crippen LogP contribution in [0.2, 0.25) is 10.0 Å². The van der Waals surface area contributed by atoms with Crippen molar-refractivity contribution >= 4 is 68.4 Å². The Labute approximate surface area is 306 Å². The molecule has 0 radical (unpaired) electrons. The predicted molar refractivity (Wildman–Crippen MR) is 211 cm³/mol. The predicted octanol–water partition coefficient (Wildman–Crippen LogP) is 12.0. The average Bonchev–Trinajstić information content (AvgIpc) is 3.05. The van der Waals surface area contributed by atoms with Crippen LogP contribution in [0.25, 0.3) is 22.3 Å². The molecule has 1 nitrogen and oxygen atoms in total. The standard InChI is InChI=1S/C44H41Cl2NTe/c1-43(2,3)32-23-37(29-39(24-32)48-38-22-14-20-35(46)28-38)47(36-21-13-19-34(45)27-36)42-40(30-15-9-7-10-16-30)25-33(44(4,5)6)26-41(42)31-17-11-8-12-18-31/h7-29H,1-6H3. The van der Waals surface area contributed by atoms with Crippen LogP contribution in [0, 0.1) is 0 Å². The zero-order chi connectivity index (χ0) is 34.1. The fraction of sp³-hybridized carbons (Fsp3) is 0.182. The molecular formula is C44H41Cl2NTe. The summed E-state index contributed by atoms with van der Waals surface area (Å²) in [6.45, 7) is 13.8. The van der Waals surface area contributed by atoms with Crippen molar-refractivity contribution in [2.75, 3.05) is 4.90 Å². The normalized spacial score (nSPS) is 11.8. The van der Waals surface area contributed by atoms with Gasteiger partial charge in [0.05, 0.1) is 0 Å². The van der Waals surface area contributed by atoms with Crippen molar-refractivity contribution in [3.05, 3.63) is 161 Å². The van der Waals surface area contributed by atoms with Gasteiger partial charge in [0.1, 0.15) is 0 Å². The first-order valence-electron chi connectivity index (χ1n) is 16.3. The van der Waals surface area contributed by atoms with E-state index < -0.39 is 20.9 Å². The number of benzene rings is 6. The topological polar surface area (TPSA) is 3.24 Å². The Hall–Kier alpha value is -3.51. The van der Waals surface area contributed by atoms with E-state index in [-0.39, 0.29) is 10.8 Å². The van der Waals surface area contributed by atoms with E-state index in [4.69, 9.17) is 23.2 Å². The first kappa shape index (κ1) is 34.4. The Morgan fingerprint density at radius 2 is 0.979 bits per heavy atom. The van der Waals surface area contributed by atoms with Crippen LogP contribution in [0.3, 0.4) is 0 Å². The van der Waals surface area contributed by atoms with Gasteiger partial charge < -0.3 is 0 Å². The Morgan fingerprint density at radius 1 is 0.458 bits per heavy atom. The summed E-state index contributed by atoms with van der Waals surface area (Å²) in [5.41, 5.74) is 10.4. The van der Waals surface area contributed by atoms with E-state index in [1.54, 1.807) is 0 Å². The zero-order valence-electron chi connectivity index (χ0n) is 28.4. The van der Waals surface area contributed by atoms with Crippen LogP contribution in [0.15, 0.2) is 140 Å². The molecule has 48 heavy (non-hydrogen) atoms. The Morgan fingerprint density at radius 3 is 1.50 bits per heavy atom. The van der Waals surface area contributed by atoms with Crippen LogP contribution < -0.4 is 12.1 Å². The van der Waals surface area contributed by atoms with Crippen molar-refractivity contribution in [3.8, 4) is 22.3 Å². The van der Waals surface area contributed by atoms with Crippen molar-refractivity contribution in [1.29, 1.82) is 0 Å². The summed E-state index contributed by atoms with van der Waals surface area (Å²) < 4.78 is 2.66. The number of hydrogen-bond donors (Lipinski definition) is 0. The fourth-order valence-electron chi connectivity index (χ4n) is 5.88. The van der Waals surface area contributed by atoms with Gasteiger partial charge in [-0.15, -0.1) is 0 Å². The SMILES string of the molecule is CC(C)(C)c1cc([Te]c2cccc(Cl)c2)cc(N(c2cccc(Cl)c2)c2c(-c3ccccc3)cc(C(C)(C)C)cc2-c2ccccc2)c1. The Kier molecular flexibility index (Phi) is 10.1. The van der Waals surface area contributed by atoms with Crippen molar-refractivity contribution in [1.82, 2.24) is 0 Å². The molecule has 0 fully saturated rings. The van der Waals surface area contributed by atoms with Gasteiger partial charge in [-0.2, -0.15) is 0 Å². The third-order valence-corrected chi connectivity index (χ3v) is 11.7. The molecule has 6 aromatic rings. The quantitative estimate of drug-likeness (QED) is 0.146. The van der Waals surface area contributed by atoms with E-state index in [9.17, 15) is 0 Å². The monoisotopic (exact) mass is 783 g/mol. The maximum atomic E-state index is 6.79. The molecular weight excluding hydrogens is 741 g/mol. The molecule has 0 aliphatic rings. The molecule has 0 unspecified atom stereocenters. The Bertz CT molecular complexity index is 1980. The molecule has 0 amide bonds. The number of nitrogens with zero attached hydrogens (tertiary/aromatic N) is 1. The van der Waals surface area contributed by atoms with E-state index in [2.05, 4.69) is 168 Å². The summed E-state index contributed by atoms with van der Waals surface area (Å²) in [7, 11) is 0. The second-order valence-corrected chi connectivity index (χ2v) is 18.4. The van der Waals surface area contributed by atoms with E-state index in [1.165, 1.54) is 40.6 Å². The van der Waals surface area contributed by atoms with E-state index in [1.807, 2.05) is 18.2 Å². The van der Waals surface area contributed by atoms with Gasteiger partial charge in [-0.25, -0.2) is 0 Å². The zero-order valence-corrected chi connectivity index (χ0v) is 32.2. The Balaban J connectivity index is 1.73. The minimum atomic E-state index is -0.736. The average molecular weight is 782 g/mol. The van der Waals surface area contributed by atoms with E-state index in [0.717, 1.165) is 22.1 Å². The van der Waals surface area contributed by atoms with Crippen LogP contribution in [-0.2, 0) is 10.8 Å².